The highest BCUT2D eigenvalue weighted by Gasteiger charge is 2.23. The highest BCUT2D eigenvalue weighted by atomic mass is 32.2. The van der Waals surface area contributed by atoms with Gasteiger partial charge in [0.1, 0.15) is 16.4 Å². The Labute approximate surface area is 144 Å². The Bertz CT molecular complexity index is 1060. The summed E-state index contributed by atoms with van der Waals surface area (Å²) in [7, 11) is -3.28. The van der Waals surface area contributed by atoms with E-state index in [2.05, 4.69) is 9.97 Å². The summed E-state index contributed by atoms with van der Waals surface area (Å²) in [6.07, 6.45) is 4.43. The van der Waals surface area contributed by atoms with Crippen molar-refractivity contribution in [2.45, 2.75) is 31.1 Å². The Morgan fingerprint density at radius 3 is 2.83 bits per heavy atom. The van der Waals surface area contributed by atoms with Crippen LogP contribution < -0.4 is 4.74 Å². The highest BCUT2D eigenvalue weighted by Crippen LogP contribution is 2.41. The van der Waals surface area contributed by atoms with Gasteiger partial charge in [0.15, 0.2) is 9.84 Å². The molecule has 0 atom stereocenters. The van der Waals surface area contributed by atoms with Gasteiger partial charge in [0.25, 0.3) is 0 Å². The molecule has 0 aliphatic heterocycles. The lowest BCUT2D eigenvalue weighted by atomic mass is 10.2. The van der Waals surface area contributed by atoms with E-state index in [9.17, 15) is 8.42 Å². The van der Waals surface area contributed by atoms with Crippen LogP contribution in [0.2, 0.25) is 0 Å². The Balaban J connectivity index is 1.83. The summed E-state index contributed by atoms with van der Waals surface area (Å²) in [4.78, 5) is 11.5. The maximum Gasteiger partial charge on any atom is 0.231 e. The summed E-state index contributed by atoms with van der Waals surface area (Å²) < 4.78 is 29.5. The Hall–Kier alpha value is -1.99. The Morgan fingerprint density at radius 1 is 1.21 bits per heavy atom. The first-order chi connectivity index (χ1) is 11.4. The zero-order chi connectivity index (χ0) is 16.9. The average Bonchev–Trinajstić information content (AvgIpc) is 3.06. The van der Waals surface area contributed by atoms with Crippen LogP contribution in [0.3, 0.4) is 0 Å². The van der Waals surface area contributed by atoms with Crippen molar-refractivity contribution >= 4 is 31.4 Å². The van der Waals surface area contributed by atoms with Crippen LogP contribution in [0.25, 0.3) is 10.2 Å². The Kier molecular flexibility index (Phi) is 3.58. The first-order valence-electron chi connectivity index (χ1n) is 7.69. The second-order valence-corrected chi connectivity index (χ2v) is 9.06. The number of aromatic nitrogens is 2. The van der Waals surface area contributed by atoms with Crippen molar-refractivity contribution < 1.29 is 13.2 Å². The zero-order valence-electron chi connectivity index (χ0n) is 13.4. The van der Waals surface area contributed by atoms with E-state index in [1.54, 1.807) is 29.5 Å². The van der Waals surface area contributed by atoms with Crippen molar-refractivity contribution in [1.82, 2.24) is 9.97 Å². The molecule has 2 aromatic heterocycles. The molecule has 0 saturated heterocycles. The van der Waals surface area contributed by atoms with Gasteiger partial charge in [-0.05, 0) is 49.9 Å². The fraction of sp³-hybridized carbons (Fsp3) is 0.294. The minimum absolute atomic E-state index is 0.234. The molecule has 0 unspecified atom stereocenters. The van der Waals surface area contributed by atoms with Gasteiger partial charge in [-0.25, -0.2) is 13.4 Å². The van der Waals surface area contributed by atoms with Gasteiger partial charge in [-0.15, -0.1) is 11.3 Å². The second kappa shape index (κ2) is 5.53. The smallest absolute Gasteiger partial charge is 0.231 e. The molecule has 4 rings (SSSR count). The first-order valence-corrected chi connectivity index (χ1v) is 10.4. The number of nitrogens with zero attached hydrogens (tertiary/aromatic N) is 2. The van der Waals surface area contributed by atoms with Crippen molar-refractivity contribution in [3.05, 3.63) is 40.5 Å². The molecule has 7 heteroatoms. The molecule has 24 heavy (non-hydrogen) atoms. The second-order valence-electron chi connectivity index (χ2n) is 5.96. The molecule has 1 aliphatic rings. The molecular weight excluding hydrogens is 344 g/mol. The summed E-state index contributed by atoms with van der Waals surface area (Å²) in [5.41, 5.74) is 1.28. The third-order valence-corrected chi connectivity index (χ3v) is 6.39. The quantitative estimate of drug-likeness (QED) is 0.712. The van der Waals surface area contributed by atoms with Crippen LogP contribution in [0.5, 0.6) is 11.6 Å². The molecule has 0 radical (unpaired) electrons. The van der Waals surface area contributed by atoms with Crippen LogP contribution in [-0.4, -0.2) is 24.6 Å². The lowest BCUT2D eigenvalue weighted by molar-refractivity contribution is 0.465. The van der Waals surface area contributed by atoms with E-state index in [0.29, 0.717) is 17.5 Å². The molecule has 0 N–H and O–H groups in total. The van der Waals surface area contributed by atoms with Crippen molar-refractivity contribution in [2.75, 3.05) is 6.26 Å². The normalized spacial score (nSPS) is 14.1. The summed E-state index contributed by atoms with van der Waals surface area (Å²) in [5, 5.41) is 0.975. The summed E-state index contributed by atoms with van der Waals surface area (Å²) in [5.74, 6) is 1.63. The molecule has 0 bridgehead atoms. The predicted octanol–water partition coefficient (Wildman–Crippen LogP) is 3.68. The van der Waals surface area contributed by atoms with E-state index in [4.69, 9.17) is 4.74 Å². The minimum Gasteiger partial charge on any atom is -0.438 e. The summed E-state index contributed by atoms with van der Waals surface area (Å²) in [6.45, 7) is 1.84. The van der Waals surface area contributed by atoms with Gasteiger partial charge >= 0.3 is 0 Å². The lowest BCUT2D eigenvalue weighted by Crippen LogP contribution is -1.98. The first kappa shape index (κ1) is 15.5. The van der Waals surface area contributed by atoms with Crippen LogP contribution in [0.4, 0.5) is 0 Å². The molecule has 1 aromatic carbocycles. The molecule has 124 valence electrons. The number of ether oxygens (including phenoxy) is 1. The average molecular weight is 360 g/mol. The molecule has 5 nitrogen and oxygen atoms in total. The lowest BCUT2D eigenvalue weighted by Gasteiger charge is -2.09. The highest BCUT2D eigenvalue weighted by molar-refractivity contribution is 7.90. The van der Waals surface area contributed by atoms with Gasteiger partial charge in [-0.1, -0.05) is 6.07 Å². The van der Waals surface area contributed by atoms with Gasteiger partial charge in [0.05, 0.1) is 10.3 Å². The van der Waals surface area contributed by atoms with Crippen LogP contribution in [0.15, 0.2) is 29.2 Å². The fourth-order valence-corrected chi connectivity index (χ4v) is 4.97. The minimum atomic E-state index is -3.28. The molecule has 2 heterocycles. The zero-order valence-corrected chi connectivity index (χ0v) is 15.0. The number of aryl methyl sites for hydroxylation is 3. The van der Waals surface area contributed by atoms with Gasteiger partial charge in [0.2, 0.25) is 5.88 Å². The molecule has 1 aliphatic carbocycles. The topological polar surface area (TPSA) is 69.2 Å². The van der Waals surface area contributed by atoms with Crippen LogP contribution in [0.1, 0.15) is 22.7 Å². The SMILES string of the molecule is Cc1nc(Oc2cccc(S(C)(=O)=O)c2)c2c3c(sc2n1)CCC3. The van der Waals surface area contributed by atoms with Crippen molar-refractivity contribution in [1.29, 1.82) is 0 Å². The third-order valence-electron chi connectivity index (χ3n) is 4.09. The van der Waals surface area contributed by atoms with E-state index >= 15 is 0 Å². The van der Waals surface area contributed by atoms with Gasteiger partial charge in [-0.3, -0.25) is 0 Å². The van der Waals surface area contributed by atoms with Gasteiger partial charge in [-0.2, -0.15) is 4.98 Å². The van der Waals surface area contributed by atoms with Crippen LogP contribution in [0, 0.1) is 6.92 Å². The number of thiophene rings is 1. The molecule has 0 amide bonds. The maximum atomic E-state index is 11.7. The third kappa shape index (κ3) is 2.67. The molecule has 3 aromatic rings. The number of rotatable bonds is 3. The number of sulfone groups is 1. The Morgan fingerprint density at radius 2 is 2.04 bits per heavy atom. The number of benzene rings is 1. The van der Waals surface area contributed by atoms with E-state index in [0.717, 1.165) is 29.5 Å². The monoisotopic (exact) mass is 360 g/mol. The van der Waals surface area contributed by atoms with E-state index in [1.807, 2.05) is 6.92 Å². The van der Waals surface area contributed by atoms with Gasteiger partial charge in [0, 0.05) is 11.1 Å². The standard InChI is InChI=1S/C17H16N2O3S2/c1-10-18-16(15-13-7-4-8-14(13)23-17(15)19-10)22-11-5-3-6-12(9-11)24(2,20)21/h3,5-6,9H,4,7-8H2,1-2H3. The van der Waals surface area contributed by atoms with E-state index in [1.165, 1.54) is 22.8 Å². The maximum absolute atomic E-state index is 11.7. The number of hydrogen-bond donors (Lipinski definition) is 0. The van der Waals surface area contributed by atoms with Crippen molar-refractivity contribution in [2.24, 2.45) is 0 Å². The molecule has 0 spiro atoms. The number of fused-ring (bicyclic) bond motifs is 3. The predicted molar refractivity (Wildman–Crippen MR) is 93.8 cm³/mol. The van der Waals surface area contributed by atoms with Crippen molar-refractivity contribution in [3.63, 3.8) is 0 Å². The van der Waals surface area contributed by atoms with E-state index in [-0.39, 0.29) is 4.90 Å². The largest absolute Gasteiger partial charge is 0.438 e. The summed E-state index contributed by atoms with van der Waals surface area (Å²) in [6, 6.07) is 6.51. The molecular formula is C17H16N2O3S2. The van der Waals surface area contributed by atoms with E-state index < -0.39 is 9.84 Å². The van der Waals surface area contributed by atoms with Crippen molar-refractivity contribution in [3.8, 4) is 11.6 Å². The number of hydrogen-bond acceptors (Lipinski definition) is 6. The van der Waals surface area contributed by atoms with Crippen LogP contribution in [-0.2, 0) is 22.7 Å². The van der Waals surface area contributed by atoms with Gasteiger partial charge < -0.3 is 4.74 Å². The van der Waals surface area contributed by atoms with Crippen LogP contribution >= 0.6 is 11.3 Å². The summed E-state index contributed by atoms with van der Waals surface area (Å²) >= 11 is 1.71. The fourth-order valence-electron chi connectivity index (χ4n) is 3.02. The molecule has 0 saturated carbocycles. The molecule has 0 fully saturated rings.